The first-order chi connectivity index (χ1) is 10.0. The summed E-state index contributed by atoms with van der Waals surface area (Å²) < 4.78 is 31.7. The van der Waals surface area contributed by atoms with Crippen molar-refractivity contribution >= 4 is 15.9 Å². The number of carbonyl (C=O) groups excluding carboxylic acids is 1. The zero-order chi connectivity index (χ0) is 15.3. The number of hydrogen-bond acceptors (Lipinski definition) is 4. The van der Waals surface area contributed by atoms with Crippen molar-refractivity contribution in [2.45, 2.75) is 24.7 Å². The number of amides is 1. The second kappa shape index (κ2) is 6.91. The summed E-state index contributed by atoms with van der Waals surface area (Å²) in [6.07, 6.45) is 1.51. The molecule has 0 atom stereocenters. The zero-order valence-corrected chi connectivity index (χ0v) is 12.9. The molecule has 1 aromatic rings. The van der Waals surface area contributed by atoms with Crippen molar-refractivity contribution in [1.29, 1.82) is 0 Å². The molecular formula is C14H20N2O4S. The van der Waals surface area contributed by atoms with Gasteiger partial charge >= 0.3 is 0 Å². The molecule has 1 aromatic carbocycles. The van der Waals surface area contributed by atoms with Crippen LogP contribution in [0.25, 0.3) is 0 Å². The SMILES string of the molecule is CCCOc1ccc(S(=O)(=O)N2CCCNC(=O)C2)cc1. The zero-order valence-electron chi connectivity index (χ0n) is 12.0. The minimum absolute atomic E-state index is 0.129. The van der Waals surface area contributed by atoms with Crippen LogP contribution in [-0.2, 0) is 14.8 Å². The highest BCUT2D eigenvalue weighted by molar-refractivity contribution is 7.89. The van der Waals surface area contributed by atoms with Crippen LogP contribution in [0.3, 0.4) is 0 Å². The van der Waals surface area contributed by atoms with E-state index in [1.165, 1.54) is 16.4 Å². The first kappa shape index (κ1) is 15.8. The Bertz CT molecular complexity index is 583. The van der Waals surface area contributed by atoms with E-state index in [-0.39, 0.29) is 17.3 Å². The van der Waals surface area contributed by atoms with Crippen LogP contribution in [0.5, 0.6) is 5.75 Å². The summed E-state index contributed by atoms with van der Waals surface area (Å²) in [6.45, 7) is 3.32. The number of nitrogens with one attached hydrogen (secondary N) is 1. The second-order valence-electron chi connectivity index (χ2n) is 4.86. The monoisotopic (exact) mass is 312 g/mol. The topological polar surface area (TPSA) is 75.7 Å². The molecule has 0 saturated carbocycles. The van der Waals surface area contributed by atoms with Gasteiger partial charge in [0.2, 0.25) is 15.9 Å². The molecule has 2 rings (SSSR count). The van der Waals surface area contributed by atoms with Gasteiger partial charge in [-0.15, -0.1) is 0 Å². The van der Waals surface area contributed by atoms with Gasteiger partial charge in [-0.2, -0.15) is 4.31 Å². The van der Waals surface area contributed by atoms with Crippen molar-refractivity contribution in [2.24, 2.45) is 0 Å². The van der Waals surface area contributed by atoms with Gasteiger partial charge in [-0.3, -0.25) is 4.79 Å². The highest BCUT2D eigenvalue weighted by atomic mass is 32.2. The summed E-state index contributed by atoms with van der Waals surface area (Å²) >= 11 is 0. The Labute approximate surface area is 125 Å². The number of nitrogens with zero attached hydrogens (tertiary/aromatic N) is 1. The van der Waals surface area contributed by atoms with Crippen molar-refractivity contribution in [1.82, 2.24) is 9.62 Å². The van der Waals surface area contributed by atoms with Gasteiger partial charge in [0.1, 0.15) is 5.75 Å². The fourth-order valence-electron chi connectivity index (χ4n) is 2.06. The van der Waals surface area contributed by atoms with E-state index in [0.717, 1.165) is 6.42 Å². The van der Waals surface area contributed by atoms with Gasteiger partial charge < -0.3 is 10.1 Å². The fraction of sp³-hybridized carbons (Fsp3) is 0.500. The van der Waals surface area contributed by atoms with E-state index >= 15 is 0 Å². The number of carbonyl (C=O) groups is 1. The van der Waals surface area contributed by atoms with Gasteiger partial charge in [-0.25, -0.2) is 8.42 Å². The van der Waals surface area contributed by atoms with Crippen molar-refractivity contribution < 1.29 is 17.9 Å². The van der Waals surface area contributed by atoms with Crippen LogP contribution in [-0.4, -0.2) is 44.9 Å². The number of hydrogen-bond donors (Lipinski definition) is 1. The molecule has 0 unspecified atom stereocenters. The van der Waals surface area contributed by atoms with Gasteiger partial charge in [0.25, 0.3) is 0 Å². The van der Waals surface area contributed by atoms with Crippen molar-refractivity contribution in [2.75, 3.05) is 26.2 Å². The third kappa shape index (κ3) is 3.95. The first-order valence-electron chi connectivity index (χ1n) is 7.03. The molecule has 0 radical (unpaired) electrons. The quantitative estimate of drug-likeness (QED) is 0.879. The first-order valence-corrected chi connectivity index (χ1v) is 8.48. The maximum absolute atomic E-state index is 12.5. The minimum Gasteiger partial charge on any atom is -0.494 e. The molecule has 1 fully saturated rings. The molecule has 0 spiro atoms. The van der Waals surface area contributed by atoms with Crippen LogP contribution < -0.4 is 10.1 Å². The molecule has 6 nitrogen and oxygen atoms in total. The predicted octanol–water partition coefficient (Wildman–Crippen LogP) is 0.986. The molecular weight excluding hydrogens is 292 g/mol. The van der Waals surface area contributed by atoms with E-state index in [0.29, 0.717) is 31.9 Å². The summed E-state index contributed by atoms with van der Waals surface area (Å²) in [5.41, 5.74) is 0. The number of ether oxygens (including phenoxy) is 1. The van der Waals surface area contributed by atoms with Gasteiger partial charge in [0.05, 0.1) is 18.0 Å². The highest BCUT2D eigenvalue weighted by Crippen LogP contribution is 2.20. The van der Waals surface area contributed by atoms with Crippen LogP contribution in [0.4, 0.5) is 0 Å². The Morgan fingerprint density at radius 2 is 2.00 bits per heavy atom. The third-order valence-electron chi connectivity index (χ3n) is 3.16. The fourth-order valence-corrected chi connectivity index (χ4v) is 3.50. The predicted molar refractivity (Wildman–Crippen MR) is 78.6 cm³/mol. The second-order valence-corrected chi connectivity index (χ2v) is 6.80. The standard InChI is InChI=1S/C14H20N2O4S/c1-2-10-20-12-4-6-13(7-5-12)21(18,19)16-9-3-8-15-14(17)11-16/h4-7H,2-3,8-11H2,1H3,(H,15,17). The molecule has 21 heavy (non-hydrogen) atoms. The molecule has 1 N–H and O–H groups in total. The van der Waals surface area contributed by atoms with Crippen LogP contribution in [0.2, 0.25) is 0 Å². The summed E-state index contributed by atoms with van der Waals surface area (Å²) in [5.74, 6) is 0.378. The van der Waals surface area contributed by atoms with E-state index in [9.17, 15) is 13.2 Å². The van der Waals surface area contributed by atoms with E-state index in [4.69, 9.17) is 4.74 Å². The molecule has 0 bridgehead atoms. The Balaban J connectivity index is 2.16. The molecule has 0 aliphatic carbocycles. The van der Waals surface area contributed by atoms with Gasteiger partial charge in [-0.05, 0) is 37.1 Å². The van der Waals surface area contributed by atoms with Crippen LogP contribution in [0, 0.1) is 0 Å². The molecule has 116 valence electrons. The van der Waals surface area contributed by atoms with Crippen LogP contribution in [0.1, 0.15) is 19.8 Å². The average Bonchev–Trinajstić information content (AvgIpc) is 2.70. The highest BCUT2D eigenvalue weighted by Gasteiger charge is 2.27. The number of sulfonamides is 1. The molecule has 0 aromatic heterocycles. The molecule has 1 heterocycles. The van der Waals surface area contributed by atoms with Crippen molar-refractivity contribution in [3.8, 4) is 5.75 Å². The smallest absolute Gasteiger partial charge is 0.243 e. The van der Waals surface area contributed by atoms with Crippen LogP contribution >= 0.6 is 0 Å². The van der Waals surface area contributed by atoms with Gasteiger partial charge in [0, 0.05) is 13.1 Å². The van der Waals surface area contributed by atoms with E-state index < -0.39 is 10.0 Å². The van der Waals surface area contributed by atoms with E-state index in [1.807, 2.05) is 6.92 Å². The van der Waals surface area contributed by atoms with E-state index in [1.54, 1.807) is 12.1 Å². The molecule has 1 aliphatic heterocycles. The lowest BCUT2D eigenvalue weighted by molar-refractivity contribution is -0.120. The van der Waals surface area contributed by atoms with Crippen molar-refractivity contribution in [3.05, 3.63) is 24.3 Å². The van der Waals surface area contributed by atoms with Crippen molar-refractivity contribution in [3.63, 3.8) is 0 Å². The maximum Gasteiger partial charge on any atom is 0.243 e. The molecule has 7 heteroatoms. The number of rotatable bonds is 5. The minimum atomic E-state index is -3.64. The Kier molecular flexibility index (Phi) is 5.19. The Hall–Kier alpha value is -1.60. The van der Waals surface area contributed by atoms with Gasteiger partial charge in [-0.1, -0.05) is 6.92 Å². The normalized spacial score (nSPS) is 17.1. The van der Waals surface area contributed by atoms with E-state index in [2.05, 4.69) is 5.32 Å². The summed E-state index contributed by atoms with van der Waals surface area (Å²) in [5, 5.41) is 2.67. The third-order valence-corrected chi connectivity index (χ3v) is 5.02. The summed E-state index contributed by atoms with van der Waals surface area (Å²) in [7, 11) is -3.64. The molecule has 1 aliphatic rings. The summed E-state index contributed by atoms with van der Waals surface area (Å²) in [4.78, 5) is 11.7. The lowest BCUT2D eigenvalue weighted by Gasteiger charge is -2.18. The summed E-state index contributed by atoms with van der Waals surface area (Å²) in [6, 6.07) is 6.31. The molecule has 1 saturated heterocycles. The lowest BCUT2D eigenvalue weighted by Crippen LogP contribution is -2.37. The van der Waals surface area contributed by atoms with Crippen LogP contribution in [0.15, 0.2) is 29.2 Å². The molecule has 1 amide bonds. The largest absolute Gasteiger partial charge is 0.494 e. The Morgan fingerprint density at radius 3 is 2.67 bits per heavy atom. The lowest BCUT2D eigenvalue weighted by atomic mass is 10.3. The number of benzene rings is 1. The average molecular weight is 312 g/mol. The maximum atomic E-state index is 12.5. The Morgan fingerprint density at radius 1 is 1.29 bits per heavy atom. The van der Waals surface area contributed by atoms with Gasteiger partial charge in [0.15, 0.2) is 0 Å².